The number of hydrogen-bond acceptors (Lipinski definition) is 6. The summed E-state index contributed by atoms with van der Waals surface area (Å²) in [5.74, 6) is 0.105. The molecule has 142 valence electrons. The van der Waals surface area contributed by atoms with Crippen LogP contribution in [0.15, 0.2) is 34.9 Å². The summed E-state index contributed by atoms with van der Waals surface area (Å²) in [7, 11) is -2.15. The van der Waals surface area contributed by atoms with E-state index in [0.29, 0.717) is 17.2 Å². The second-order valence-electron chi connectivity index (χ2n) is 7.06. The van der Waals surface area contributed by atoms with Crippen LogP contribution in [0.2, 0.25) is 0 Å². The molecule has 1 atom stereocenters. The number of ether oxygens (including phenoxy) is 1. The van der Waals surface area contributed by atoms with Gasteiger partial charge in [-0.15, -0.1) is 0 Å². The first kappa shape index (κ1) is 20.0. The molecule has 0 saturated carbocycles. The van der Waals surface area contributed by atoms with Crippen LogP contribution in [0.5, 0.6) is 5.75 Å². The molecule has 1 heterocycles. The zero-order valence-electron chi connectivity index (χ0n) is 15.6. The number of nitrogens with zero attached hydrogens (tertiary/aromatic N) is 1. The van der Waals surface area contributed by atoms with E-state index in [9.17, 15) is 13.2 Å². The Kier molecular flexibility index (Phi) is 5.75. The van der Waals surface area contributed by atoms with Gasteiger partial charge in [-0.05, 0) is 52.0 Å². The van der Waals surface area contributed by atoms with E-state index in [2.05, 4.69) is 10.3 Å². The Morgan fingerprint density at radius 2 is 1.88 bits per heavy atom. The number of carbonyl (C=O) groups is 1. The molecule has 1 amide bonds. The normalized spacial score (nSPS) is 13.3. The Morgan fingerprint density at radius 1 is 1.27 bits per heavy atom. The third kappa shape index (κ3) is 5.08. The smallest absolute Gasteiger partial charge is 0.238 e. The molecule has 0 radical (unpaired) electrons. The number of methoxy groups -OCH3 is 1. The summed E-state index contributed by atoms with van der Waals surface area (Å²) in [5, 5.41) is 1.50. The first-order chi connectivity index (χ1) is 12.0. The van der Waals surface area contributed by atoms with Gasteiger partial charge in [0.2, 0.25) is 11.8 Å². The molecule has 0 aliphatic rings. The lowest BCUT2D eigenvalue weighted by Gasteiger charge is -2.23. The summed E-state index contributed by atoms with van der Waals surface area (Å²) in [4.78, 5) is 16.4. The van der Waals surface area contributed by atoms with Crippen molar-refractivity contribution in [2.45, 2.75) is 44.2 Å². The van der Waals surface area contributed by atoms with Gasteiger partial charge >= 0.3 is 0 Å². The predicted octanol–water partition coefficient (Wildman–Crippen LogP) is 2.57. The molecule has 1 unspecified atom stereocenters. The minimum Gasteiger partial charge on any atom is -0.497 e. The number of benzene rings is 1. The minimum atomic E-state index is -3.72. The van der Waals surface area contributed by atoms with Crippen LogP contribution in [0.25, 0.3) is 11.5 Å². The van der Waals surface area contributed by atoms with Crippen LogP contribution in [0.3, 0.4) is 0 Å². The maximum Gasteiger partial charge on any atom is 0.238 e. The van der Waals surface area contributed by atoms with Gasteiger partial charge in [0.25, 0.3) is 0 Å². The van der Waals surface area contributed by atoms with Crippen molar-refractivity contribution in [1.82, 2.24) is 10.3 Å². The lowest BCUT2D eigenvalue weighted by Crippen LogP contribution is -2.47. The molecule has 7 nitrogen and oxygen atoms in total. The molecule has 2 aromatic rings. The number of carbonyl (C=O) groups excluding carboxylic acids is 1. The highest BCUT2D eigenvalue weighted by Crippen LogP contribution is 2.23. The Labute approximate surface area is 153 Å². The fourth-order valence-electron chi connectivity index (χ4n) is 2.20. The Bertz CT molecular complexity index is 864. The molecule has 0 spiro atoms. The van der Waals surface area contributed by atoms with Crippen molar-refractivity contribution in [2.75, 3.05) is 7.11 Å². The van der Waals surface area contributed by atoms with Gasteiger partial charge in [0, 0.05) is 11.1 Å². The van der Waals surface area contributed by atoms with Crippen LogP contribution in [0.1, 0.15) is 33.4 Å². The number of rotatable bonds is 6. The van der Waals surface area contributed by atoms with Crippen LogP contribution >= 0.6 is 0 Å². The van der Waals surface area contributed by atoms with E-state index in [1.54, 1.807) is 52.1 Å². The van der Waals surface area contributed by atoms with Crippen LogP contribution in [-0.2, 0) is 20.4 Å². The summed E-state index contributed by atoms with van der Waals surface area (Å²) in [6.07, 6.45) is 1.30. The molecule has 2 rings (SSSR count). The van der Waals surface area contributed by atoms with E-state index < -0.39 is 26.5 Å². The predicted molar refractivity (Wildman–Crippen MR) is 98.5 cm³/mol. The molecule has 0 aliphatic heterocycles. The van der Waals surface area contributed by atoms with Gasteiger partial charge in [-0.2, -0.15) is 0 Å². The summed E-state index contributed by atoms with van der Waals surface area (Å²) in [5.41, 5.74) is 0.454. The quantitative estimate of drug-likeness (QED) is 0.827. The average molecular weight is 380 g/mol. The molecular formula is C18H24N2O5S. The maximum atomic E-state index is 12.5. The molecule has 1 N–H and O–H groups in total. The topological polar surface area (TPSA) is 98.5 Å². The van der Waals surface area contributed by atoms with E-state index in [1.165, 1.54) is 13.2 Å². The number of sulfone groups is 1. The summed E-state index contributed by atoms with van der Waals surface area (Å²) >= 11 is 0. The number of amides is 1. The van der Waals surface area contributed by atoms with Crippen molar-refractivity contribution >= 4 is 15.7 Å². The van der Waals surface area contributed by atoms with Crippen molar-refractivity contribution in [3.8, 4) is 17.2 Å². The lowest BCUT2D eigenvalue weighted by atomic mass is 10.1. The van der Waals surface area contributed by atoms with Crippen LogP contribution < -0.4 is 10.1 Å². The molecule has 26 heavy (non-hydrogen) atoms. The third-order valence-corrected chi connectivity index (χ3v) is 5.63. The molecule has 1 aromatic carbocycles. The molecule has 1 aromatic heterocycles. The SMILES string of the molecule is COc1ccc(-c2nc(CS(=O)(=O)C(C)C(=O)NC(C)(C)C)co2)cc1. The molecule has 8 heteroatoms. The second kappa shape index (κ2) is 7.49. The van der Waals surface area contributed by atoms with Crippen molar-refractivity contribution in [2.24, 2.45) is 0 Å². The van der Waals surface area contributed by atoms with Crippen molar-refractivity contribution in [3.63, 3.8) is 0 Å². The fourth-order valence-corrected chi connectivity index (χ4v) is 3.38. The molecule has 0 fully saturated rings. The van der Waals surface area contributed by atoms with Crippen LogP contribution in [0, 0.1) is 0 Å². The highest BCUT2D eigenvalue weighted by atomic mass is 32.2. The van der Waals surface area contributed by atoms with E-state index in [1.807, 2.05) is 0 Å². The standard InChI is InChI=1S/C18H24N2O5S/c1-12(16(21)20-18(2,3)4)26(22,23)11-14-10-25-17(19-14)13-6-8-15(24-5)9-7-13/h6-10,12H,11H2,1-5H3,(H,20,21). The summed E-state index contributed by atoms with van der Waals surface area (Å²) in [6, 6.07) is 7.05. The van der Waals surface area contributed by atoms with E-state index in [-0.39, 0.29) is 11.4 Å². The zero-order chi connectivity index (χ0) is 19.5. The minimum absolute atomic E-state index is 0.256. The monoisotopic (exact) mass is 380 g/mol. The van der Waals surface area contributed by atoms with E-state index >= 15 is 0 Å². The molecular weight excluding hydrogens is 356 g/mol. The van der Waals surface area contributed by atoms with E-state index in [0.717, 1.165) is 0 Å². The van der Waals surface area contributed by atoms with Crippen molar-refractivity contribution in [3.05, 3.63) is 36.2 Å². The lowest BCUT2D eigenvalue weighted by molar-refractivity contribution is -0.121. The van der Waals surface area contributed by atoms with Gasteiger partial charge in [-0.25, -0.2) is 13.4 Å². The van der Waals surface area contributed by atoms with Gasteiger partial charge < -0.3 is 14.5 Å². The van der Waals surface area contributed by atoms with Gasteiger partial charge in [0.15, 0.2) is 9.84 Å². The van der Waals surface area contributed by atoms with Crippen molar-refractivity contribution in [1.29, 1.82) is 0 Å². The molecule has 0 aliphatic carbocycles. The average Bonchev–Trinajstić information content (AvgIpc) is 3.00. The van der Waals surface area contributed by atoms with E-state index in [4.69, 9.17) is 9.15 Å². The number of aromatic nitrogens is 1. The van der Waals surface area contributed by atoms with Gasteiger partial charge in [0.05, 0.1) is 18.6 Å². The second-order valence-corrected chi connectivity index (χ2v) is 9.38. The Balaban J connectivity index is 2.12. The van der Waals surface area contributed by atoms with Gasteiger partial charge in [-0.3, -0.25) is 4.79 Å². The molecule has 0 saturated heterocycles. The highest BCUT2D eigenvalue weighted by molar-refractivity contribution is 7.92. The fraction of sp³-hybridized carbons (Fsp3) is 0.444. The maximum absolute atomic E-state index is 12.5. The number of nitrogens with one attached hydrogen (secondary N) is 1. The number of hydrogen-bond donors (Lipinski definition) is 1. The zero-order valence-corrected chi connectivity index (χ0v) is 16.4. The molecule has 0 bridgehead atoms. The summed E-state index contributed by atoms with van der Waals surface area (Å²) < 4.78 is 35.5. The summed E-state index contributed by atoms with van der Waals surface area (Å²) in [6.45, 7) is 6.76. The first-order valence-electron chi connectivity index (χ1n) is 8.14. The van der Waals surface area contributed by atoms with Crippen molar-refractivity contribution < 1.29 is 22.4 Å². The van der Waals surface area contributed by atoms with Crippen LogP contribution in [-0.4, -0.2) is 37.2 Å². The Morgan fingerprint density at radius 3 is 2.42 bits per heavy atom. The Hall–Kier alpha value is -2.35. The number of oxazole rings is 1. The largest absolute Gasteiger partial charge is 0.497 e. The van der Waals surface area contributed by atoms with Crippen LogP contribution in [0.4, 0.5) is 0 Å². The third-order valence-electron chi connectivity index (χ3n) is 3.64. The van der Waals surface area contributed by atoms with Gasteiger partial charge in [-0.1, -0.05) is 0 Å². The van der Waals surface area contributed by atoms with Gasteiger partial charge in [0.1, 0.15) is 17.3 Å². The first-order valence-corrected chi connectivity index (χ1v) is 9.86. The highest BCUT2D eigenvalue weighted by Gasteiger charge is 2.31.